The highest BCUT2D eigenvalue weighted by atomic mass is 16.3. The van der Waals surface area contributed by atoms with E-state index in [4.69, 9.17) is 0 Å². The maximum atomic E-state index is 12.4. The second kappa shape index (κ2) is 8.24. The first-order chi connectivity index (χ1) is 13.6. The normalized spacial score (nSPS) is 22.2. The Bertz CT molecular complexity index is 832. The molecule has 2 N–H and O–H groups in total. The molecule has 7 heteroatoms. The first-order valence-electron chi connectivity index (χ1n) is 9.98. The smallest absolute Gasteiger partial charge is 0.270 e. The Morgan fingerprint density at radius 2 is 2.18 bits per heavy atom. The van der Waals surface area contributed by atoms with Crippen LogP contribution < -0.4 is 5.32 Å². The van der Waals surface area contributed by atoms with Crippen LogP contribution in [0.25, 0.3) is 0 Å². The third-order valence-corrected chi connectivity index (χ3v) is 5.50. The summed E-state index contributed by atoms with van der Waals surface area (Å²) in [7, 11) is 0. The Morgan fingerprint density at radius 1 is 1.36 bits per heavy atom. The number of aliphatic hydroxyl groups is 1. The number of benzene rings is 1. The molecule has 4 rings (SSSR count). The molecule has 3 aliphatic heterocycles. The Labute approximate surface area is 165 Å². The Hall–Kier alpha value is -2.51. The van der Waals surface area contributed by atoms with E-state index in [1.807, 2.05) is 4.90 Å². The lowest BCUT2D eigenvalue weighted by Gasteiger charge is -2.30. The van der Waals surface area contributed by atoms with E-state index in [2.05, 4.69) is 51.4 Å². The molecule has 1 unspecified atom stereocenters. The first kappa shape index (κ1) is 18.8. The third-order valence-electron chi connectivity index (χ3n) is 5.50. The molecule has 1 aromatic rings. The average molecular weight is 381 g/mol. The van der Waals surface area contributed by atoms with Crippen molar-refractivity contribution in [3.63, 3.8) is 0 Å². The molecule has 28 heavy (non-hydrogen) atoms. The van der Waals surface area contributed by atoms with Gasteiger partial charge < -0.3 is 15.3 Å². The summed E-state index contributed by atoms with van der Waals surface area (Å²) in [6.07, 6.45) is 4.74. The molecule has 0 fully saturated rings. The number of carbonyl (C=O) groups is 1. The summed E-state index contributed by atoms with van der Waals surface area (Å²) in [6.45, 7) is 5.42. The van der Waals surface area contributed by atoms with Crippen LogP contribution >= 0.6 is 0 Å². The minimum absolute atomic E-state index is 0.206. The lowest BCUT2D eigenvalue weighted by molar-refractivity contribution is -0.118. The van der Waals surface area contributed by atoms with E-state index in [0.29, 0.717) is 12.2 Å². The number of carbonyl (C=O) groups excluding carboxylic acids is 1. The fraction of sp³-hybridized carbons (Fsp3) is 0.476. The molecule has 1 amide bonds. The van der Waals surface area contributed by atoms with Gasteiger partial charge in [-0.25, -0.2) is 4.99 Å². The SMILES string of the molecule is CCC1CN2C=NC(C(=O)NC[C@H](O)CN3CCc4ccccc4C3)=CC2=N1. The summed E-state index contributed by atoms with van der Waals surface area (Å²) < 4.78 is 0. The van der Waals surface area contributed by atoms with Gasteiger partial charge in [0.15, 0.2) is 0 Å². The molecule has 0 aliphatic carbocycles. The van der Waals surface area contributed by atoms with Crippen molar-refractivity contribution in [2.24, 2.45) is 9.98 Å². The number of amidine groups is 1. The Morgan fingerprint density at radius 3 is 3.00 bits per heavy atom. The largest absolute Gasteiger partial charge is 0.390 e. The summed E-state index contributed by atoms with van der Waals surface area (Å²) >= 11 is 0. The van der Waals surface area contributed by atoms with Crippen LogP contribution in [0.1, 0.15) is 24.5 Å². The molecule has 3 aliphatic rings. The average Bonchev–Trinajstić information content (AvgIpc) is 3.14. The number of aliphatic imine (C=N–C) groups is 2. The number of hydrogen-bond acceptors (Lipinski definition) is 6. The van der Waals surface area contributed by atoms with Crippen LogP contribution in [0.2, 0.25) is 0 Å². The predicted octanol–water partition coefficient (Wildman–Crippen LogP) is 0.940. The number of amides is 1. The van der Waals surface area contributed by atoms with Crippen molar-refractivity contribution in [2.45, 2.75) is 38.5 Å². The van der Waals surface area contributed by atoms with Gasteiger partial charge >= 0.3 is 0 Å². The number of nitrogens with one attached hydrogen (secondary N) is 1. The van der Waals surface area contributed by atoms with E-state index in [-0.39, 0.29) is 18.5 Å². The van der Waals surface area contributed by atoms with Crippen LogP contribution in [0.3, 0.4) is 0 Å². The van der Waals surface area contributed by atoms with Crippen LogP contribution in [-0.4, -0.2) is 71.3 Å². The molecule has 0 saturated carbocycles. The minimum atomic E-state index is -0.618. The highest BCUT2D eigenvalue weighted by Gasteiger charge is 2.26. The van der Waals surface area contributed by atoms with E-state index in [1.54, 1.807) is 12.4 Å². The van der Waals surface area contributed by atoms with Crippen molar-refractivity contribution in [3.8, 4) is 0 Å². The summed E-state index contributed by atoms with van der Waals surface area (Å²) in [5.74, 6) is 0.515. The van der Waals surface area contributed by atoms with Gasteiger partial charge in [-0.15, -0.1) is 0 Å². The monoisotopic (exact) mass is 381 g/mol. The molecule has 0 radical (unpaired) electrons. The number of nitrogens with zero attached hydrogens (tertiary/aromatic N) is 4. The van der Waals surface area contributed by atoms with E-state index in [9.17, 15) is 9.90 Å². The van der Waals surface area contributed by atoms with Crippen LogP contribution in [0.4, 0.5) is 0 Å². The summed E-state index contributed by atoms with van der Waals surface area (Å²) in [5.41, 5.74) is 3.04. The highest BCUT2D eigenvalue weighted by molar-refractivity contribution is 6.10. The Kier molecular flexibility index (Phi) is 5.54. The molecule has 1 aromatic carbocycles. The van der Waals surface area contributed by atoms with E-state index < -0.39 is 6.10 Å². The number of fused-ring (bicyclic) bond motifs is 2. The van der Waals surface area contributed by atoms with Crippen LogP contribution in [-0.2, 0) is 17.8 Å². The van der Waals surface area contributed by atoms with Gasteiger partial charge in [-0.2, -0.15) is 0 Å². The predicted molar refractivity (Wildman–Crippen MR) is 109 cm³/mol. The quantitative estimate of drug-likeness (QED) is 0.769. The second-order valence-corrected chi connectivity index (χ2v) is 7.59. The molecule has 2 atom stereocenters. The zero-order chi connectivity index (χ0) is 19.5. The molecular weight excluding hydrogens is 354 g/mol. The van der Waals surface area contributed by atoms with Gasteiger partial charge in [-0.3, -0.25) is 14.7 Å². The minimum Gasteiger partial charge on any atom is -0.390 e. The Balaban J connectivity index is 1.27. The fourth-order valence-electron chi connectivity index (χ4n) is 3.86. The van der Waals surface area contributed by atoms with Crippen LogP contribution in [0.15, 0.2) is 46.0 Å². The molecule has 0 aromatic heterocycles. The lowest BCUT2D eigenvalue weighted by atomic mass is 10.00. The van der Waals surface area contributed by atoms with Crippen LogP contribution in [0, 0.1) is 0 Å². The van der Waals surface area contributed by atoms with Gasteiger partial charge in [0, 0.05) is 38.8 Å². The standard InChI is InChI=1S/C21H27N5O2/c1-2-17-12-26-14-23-19(9-20(26)24-17)21(28)22-10-18(27)13-25-8-7-15-5-3-4-6-16(15)11-25/h3-6,9,14,17-18,27H,2,7-8,10-13H2,1H3,(H,22,28)/t17?,18-/m0/s1. The van der Waals surface area contributed by atoms with Crippen LogP contribution in [0.5, 0.6) is 0 Å². The molecule has 3 heterocycles. The van der Waals surface area contributed by atoms with Crippen molar-refractivity contribution in [1.82, 2.24) is 15.1 Å². The van der Waals surface area contributed by atoms with Gasteiger partial charge in [-0.1, -0.05) is 31.2 Å². The number of β-amino-alcohol motifs (C(OH)–C–C–N with tert-alkyl or cyclic N) is 1. The van der Waals surface area contributed by atoms with E-state index >= 15 is 0 Å². The van der Waals surface area contributed by atoms with E-state index in [0.717, 1.165) is 38.3 Å². The molecule has 0 bridgehead atoms. The summed E-state index contributed by atoms with van der Waals surface area (Å²) in [5, 5.41) is 13.2. The zero-order valence-corrected chi connectivity index (χ0v) is 16.2. The van der Waals surface area contributed by atoms with Gasteiger partial charge in [0.25, 0.3) is 5.91 Å². The topological polar surface area (TPSA) is 80.5 Å². The second-order valence-electron chi connectivity index (χ2n) is 7.59. The lowest BCUT2D eigenvalue weighted by Crippen LogP contribution is -2.42. The maximum absolute atomic E-state index is 12.4. The third kappa shape index (κ3) is 4.15. The van der Waals surface area contributed by atoms with Crippen molar-refractivity contribution in [1.29, 1.82) is 0 Å². The van der Waals surface area contributed by atoms with E-state index in [1.165, 1.54) is 11.1 Å². The number of rotatable bonds is 6. The number of aliphatic hydroxyl groups excluding tert-OH is 1. The van der Waals surface area contributed by atoms with Crippen molar-refractivity contribution in [2.75, 3.05) is 26.2 Å². The zero-order valence-electron chi connectivity index (χ0n) is 16.2. The molecule has 148 valence electrons. The molecule has 0 spiro atoms. The summed E-state index contributed by atoms with van der Waals surface area (Å²) in [6, 6.07) is 8.69. The molecular formula is C21H27N5O2. The fourth-order valence-corrected chi connectivity index (χ4v) is 3.86. The highest BCUT2D eigenvalue weighted by Crippen LogP contribution is 2.19. The van der Waals surface area contributed by atoms with Crippen molar-refractivity contribution < 1.29 is 9.90 Å². The number of hydrogen-bond donors (Lipinski definition) is 2. The summed E-state index contributed by atoms with van der Waals surface area (Å²) in [4.78, 5) is 25.4. The van der Waals surface area contributed by atoms with Gasteiger partial charge in [0.2, 0.25) is 0 Å². The van der Waals surface area contributed by atoms with Gasteiger partial charge in [0.1, 0.15) is 11.5 Å². The molecule has 0 saturated heterocycles. The van der Waals surface area contributed by atoms with Crippen molar-refractivity contribution in [3.05, 3.63) is 47.2 Å². The van der Waals surface area contributed by atoms with Gasteiger partial charge in [0.05, 0.1) is 18.5 Å². The van der Waals surface area contributed by atoms with Gasteiger partial charge in [-0.05, 0) is 24.0 Å². The molecule has 7 nitrogen and oxygen atoms in total. The first-order valence-corrected chi connectivity index (χ1v) is 9.98. The maximum Gasteiger partial charge on any atom is 0.270 e. The van der Waals surface area contributed by atoms with Crippen molar-refractivity contribution >= 4 is 18.1 Å².